The molecule has 0 saturated carbocycles. The van der Waals surface area contributed by atoms with Crippen molar-refractivity contribution in [3.63, 3.8) is 0 Å². The fourth-order valence-corrected chi connectivity index (χ4v) is 5.03. The van der Waals surface area contributed by atoms with Crippen LogP contribution in [0.1, 0.15) is 27.5 Å². The number of carbonyl (C=O) groups is 3. The molecule has 1 unspecified atom stereocenters. The predicted octanol–water partition coefficient (Wildman–Crippen LogP) is 4.99. The molecule has 2 heterocycles. The Labute approximate surface area is 206 Å². The van der Waals surface area contributed by atoms with E-state index in [1.165, 1.54) is 61.7 Å². The van der Waals surface area contributed by atoms with E-state index in [1.54, 1.807) is 0 Å². The number of aliphatic hydroxyl groups excluding tert-OH is 1. The molecule has 0 bridgehead atoms. The molecule has 0 radical (unpaired) electrons. The van der Waals surface area contributed by atoms with Crippen molar-refractivity contribution in [3.8, 4) is 0 Å². The maximum absolute atomic E-state index is 13.8. The van der Waals surface area contributed by atoms with Crippen molar-refractivity contribution in [2.24, 2.45) is 0 Å². The number of esters is 1. The molecule has 4 aromatic rings. The highest BCUT2D eigenvalue weighted by atomic mass is 32.1. The zero-order chi connectivity index (χ0) is 25.6. The third-order valence-electron chi connectivity index (χ3n) is 5.75. The average Bonchev–Trinajstić information content (AvgIpc) is 3.41. The van der Waals surface area contributed by atoms with Crippen LogP contribution < -0.4 is 4.90 Å². The molecule has 7 nitrogen and oxygen atoms in total. The van der Waals surface area contributed by atoms with E-state index in [4.69, 9.17) is 4.74 Å². The number of nitrogens with zero attached hydrogens (tertiary/aromatic N) is 2. The lowest BCUT2D eigenvalue weighted by atomic mass is 9.95. The molecule has 0 spiro atoms. The van der Waals surface area contributed by atoms with Crippen LogP contribution in [-0.4, -0.2) is 34.9 Å². The van der Waals surface area contributed by atoms with Gasteiger partial charge < -0.3 is 9.84 Å². The van der Waals surface area contributed by atoms with Gasteiger partial charge in [-0.15, -0.1) is 0 Å². The van der Waals surface area contributed by atoms with Crippen molar-refractivity contribution < 1.29 is 33.0 Å². The molecule has 0 aliphatic carbocycles. The minimum atomic E-state index is -1.12. The number of hydrogen-bond acceptors (Lipinski definition) is 7. The smallest absolute Gasteiger partial charge is 0.337 e. The Kier molecular flexibility index (Phi) is 5.81. The van der Waals surface area contributed by atoms with Gasteiger partial charge in [0.15, 0.2) is 5.13 Å². The summed E-state index contributed by atoms with van der Waals surface area (Å²) in [7, 11) is 1.24. The number of benzene rings is 3. The first-order valence-corrected chi connectivity index (χ1v) is 11.4. The van der Waals surface area contributed by atoms with Gasteiger partial charge >= 0.3 is 11.9 Å². The van der Waals surface area contributed by atoms with E-state index in [0.29, 0.717) is 15.8 Å². The molecule has 1 aliphatic rings. The minimum absolute atomic E-state index is 0.123. The fourth-order valence-electron chi connectivity index (χ4n) is 4.02. The van der Waals surface area contributed by atoms with Crippen LogP contribution in [0.25, 0.3) is 16.0 Å². The Balaban J connectivity index is 1.70. The molecular formula is C26H16F2N2O5S. The highest BCUT2D eigenvalue weighted by Crippen LogP contribution is 2.44. The molecule has 1 fully saturated rings. The van der Waals surface area contributed by atoms with Gasteiger partial charge in [0, 0.05) is 5.56 Å². The molecule has 1 aliphatic heterocycles. The lowest BCUT2D eigenvalue weighted by Crippen LogP contribution is -2.29. The summed E-state index contributed by atoms with van der Waals surface area (Å²) in [6.45, 7) is 0. The van der Waals surface area contributed by atoms with Gasteiger partial charge in [0.1, 0.15) is 17.4 Å². The highest BCUT2D eigenvalue weighted by Gasteiger charge is 2.48. The SMILES string of the molecule is COC(=O)c1ccc(C2/C(=C(\O)c3ccc(F)cc3)C(=O)C(=O)N2c2nc3ccc(F)cc3s2)cc1. The summed E-state index contributed by atoms with van der Waals surface area (Å²) in [6.07, 6.45) is 0. The van der Waals surface area contributed by atoms with Crippen LogP contribution in [0.2, 0.25) is 0 Å². The summed E-state index contributed by atoms with van der Waals surface area (Å²) >= 11 is 1.01. The Hall–Kier alpha value is -4.44. The van der Waals surface area contributed by atoms with Gasteiger partial charge in [-0.25, -0.2) is 18.6 Å². The second-order valence-electron chi connectivity index (χ2n) is 7.90. The van der Waals surface area contributed by atoms with E-state index in [1.807, 2.05) is 0 Å². The normalized spacial score (nSPS) is 17.1. The van der Waals surface area contributed by atoms with Crippen LogP contribution >= 0.6 is 11.3 Å². The second kappa shape index (κ2) is 8.97. The maximum atomic E-state index is 13.8. The number of methoxy groups -OCH3 is 1. The Bertz CT molecular complexity index is 1560. The Morgan fingerprint density at radius 1 is 0.972 bits per heavy atom. The highest BCUT2D eigenvalue weighted by molar-refractivity contribution is 7.22. The summed E-state index contributed by atoms with van der Waals surface area (Å²) in [6, 6.07) is 13.6. The van der Waals surface area contributed by atoms with Crippen molar-refractivity contribution in [2.75, 3.05) is 12.0 Å². The standard InChI is InChI=1S/C26H16F2N2O5S/c1-35-25(34)15-4-2-13(3-5-15)21-20(22(31)14-6-8-16(27)9-7-14)23(32)24(33)30(21)26-29-18-11-10-17(28)12-19(18)36-26/h2-12,21,31H,1H3/b22-20+. The van der Waals surface area contributed by atoms with Crippen LogP contribution in [0.3, 0.4) is 0 Å². The van der Waals surface area contributed by atoms with E-state index in [-0.39, 0.29) is 21.8 Å². The van der Waals surface area contributed by atoms with Crippen LogP contribution in [-0.2, 0) is 14.3 Å². The molecule has 1 atom stereocenters. The number of aromatic nitrogens is 1. The van der Waals surface area contributed by atoms with Crippen LogP contribution in [0.15, 0.2) is 72.3 Å². The number of anilines is 1. The quantitative estimate of drug-likeness (QED) is 0.181. The van der Waals surface area contributed by atoms with Gasteiger partial charge in [-0.05, 0) is 60.2 Å². The van der Waals surface area contributed by atoms with Crippen LogP contribution in [0.4, 0.5) is 13.9 Å². The van der Waals surface area contributed by atoms with E-state index >= 15 is 0 Å². The number of aliphatic hydroxyl groups is 1. The number of rotatable bonds is 4. The third kappa shape index (κ3) is 3.91. The molecule has 36 heavy (non-hydrogen) atoms. The summed E-state index contributed by atoms with van der Waals surface area (Å²) in [5.41, 5.74) is 0.972. The monoisotopic (exact) mass is 506 g/mol. The zero-order valence-electron chi connectivity index (χ0n) is 18.6. The Morgan fingerprint density at radius 2 is 1.61 bits per heavy atom. The first-order valence-electron chi connectivity index (χ1n) is 10.6. The topological polar surface area (TPSA) is 96.8 Å². The van der Waals surface area contributed by atoms with Gasteiger partial charge in [-0.2, -0.15) is 0 Å². The van der Waals surface area contributed by atoms with Gasteiger partial charge in [0.25, 0.3) is 5.78 Å². The lowest BCUT2D eigenvalue weighted by molar-refractivity contribution is -0.132. The number of thiazole rings is 1. The molecule has 10 heteroatoms. The summed E-state index contributed by atoms with van der Waals surface area (Å²) in [4.78, 5) is 43.9. The first-order chi connectivity index (χ1) is 17.3. The van der Waals surface area contributed by atoms with Gasteiger partial charge in [0.2, 0.25) is 0 Å². The molecule has 1 aromatic heterocycles. The molecule has 1 N–H and O–H groups in total. The first kappa shape index (κ1) is 23.3. The number of ketones is 1. The van der Waals surface area contributed by atoms with Crippen LogP contribution in [0.5, 0.6) is 0 Å². The summed E-state index contributed by atoms with van der Waals surface area (Å²) in [5, 5.41) is 11.2. The van der Waals surface area contributed by atoms with E-state index in [0.717, 1.165) is 28.4 Å². The predicted molar refractivity (Wildman–Crippen MR) is 129 cm³/mol. The molecular weight excluding hydrogens is 490 g/mol. The lowest BCUT2D eigenvalue weighted by Gasteiger charge is -2.23. The molecule has 3 aromatic carbocycles. The molecule has 180 valence electrons. The number of halogens is 2. The van der Waals surface area contributed by atoms with Gasteiger partial charge in [-0.1, -0.05) is 23.5 Å². The van der Waals surface area contributed by atoms with Gasteiger partial charge in [0.05, 0.1) is 34.5 Å². The fraction of sp³-hybridized carbons (Fsp3) is 0.0769. The van der Waals surface area contributed by atoms with Crippen molar-refractivity contribution in [1.29, 1.82) is 0 Å². The zero-order valence-corrected chi connectivity index (χ0v) is 19.4. The number of hydrogen-bond donors (Lipinski definition) is 1. The van der Waals surface area contributed by atoms with Crippen molar-refractivity contribution in [2.45, 2.75) is 6.04 Å². The van der Waals surface area contributed by atoms with Crippen molar-refractivity contribution >= 4 is 50.1 Å². The maximum Gasteiger partial charge on any atom is 0.337 e. The van der Waals surface area contributed by atoms with Crippen molar-refractivity contribution in [3.05, 3.63) is 101 Å². The number of Topliss-reactive ketones (excluding diaryl/α,β-unsaturated/α-hetero) is 1. The second-order valence-corrected chi connectivity index (χ2v) is 8.91. The largest absolute Gasteiger partial charge is 0.507 e. The summed E-state index contributed by atoms with van der Waals surface area (Å²) < 4.78 is 32.4. The number of amides is 1. The number of ether oxygens (including phenoxy) is 1. The Morgan fingerprint density at radius 3 is 2.28 bits per heavy atom. The average molecular weight is 506 g/mol. The van der Waals surface area contributed by atoms with Crippen molar-refractivity contribution in [1.82, 2.24) is 4.98 Å². The third-order valence-corrected chi connectivity index (χ3v) is 6.77. The number of carbonyl (C=O) groups excluding carboxylic acids is 3. The number of fused-ring (bicyclic) bond motifs is 1. The van der Waals surface area contributed by atoms with Crippen LogP contribution in [0, 0.1) is 11.6 Å². The van der Waals surface area contributed by atoms with Gasteiger partial charge in [-0.3, -0.25) is 14.5 Å². The molecule has 5 rings (SSSR count). The van der Waals surface area contributed by atoms with E-state index in [2.05, 4.69) is 4.98 Å². The van der Waals surface area contributed by atoms with E-state index < -0.39 is 41.1 Å². The molecule has 1 saturated heterocycles. The van der Waals surface area contributed by atoms with E-state index in [9.17, 15) is 28.3 Å². The minimum Gasteiger partial charge on any atom is -0.507 e. The summed E-state index contributed by atoms with van der Waals surface area (Å²) in [5.74, 6) is -4.00. The molecule has 1 amide bonds.